The molecule has 0 aromatic heterocycles. The van der Waals surface area contributed by atoms with E-state index in [9.17, 15) is 18.0 Å². The summed E-state index contributed by atoms with van der Waals surface area (Å²) in [5, 5.41) is 0. The molecule has 4 nitrogen and oxygen atoms in total. The number of alkyl halides is 3. The zero-order chi connectivity index (χ0) is 15.2. The lowest BCUT2D eigenvalue weighted by Gasteiger charge is -2.18. The number of carbonyl (C=O) groups is 1. The molecule has 0 bridgehead atoms. The van der Waals surface area contributed by atoms with Gasteiger partial charge in [0.25, 0.3) is 0 Å². The van der Waals surface area contributed by atoms with E-state index in [4.69, 9.17) is 10.5 Å². The minimum atomic E-state index is -4.25. The van der Waals surface area contributed by atoms with Crippen LogP contribution in [0.25, 0.3) is 0 Å². The van der Waals surface area contributed by atoms with Gasteiger partial charge in [0.2, 0.25) is 5.91 Å². The normalized spacial score (nSPS) is 11.2. The number of nitrogens with zero attached hydrogens (tertiary/aromatic N) is 1. The summed E-state index contributed by atoms with van der Waals surface area (Å²) in [7, 11) is 1.34. The molecule has 0 aliphatic heterocycles. The lowest BCUT2D eigenvalue weighted by atomic mass is 10.3. The van der Waals surface area contributed by atoms with Crippen LogP contribution in [0.1, 0.15) is 12.8 Å². The van der Waals surface area contributed by atoms with Crippen LogP contribution in [0.3, 0.4) is 0 Å². The molecule has 1 rings (SSSR count). The Bertz CT molecular complexity index is 432. The van der Waals surface area contributed by atoms with Gasteiger partial charge in [-0.25, -0.2) is 0 Å². The fraction of sp³-hybridized carbons (Fsp3) is 0.462. The highest BCUT2D eigenvalue weighted by Crippen LogP contribution is 2.19. The SMILES string of the molecule is CN(CCC(F)(F)F)C(=O)CCOc1ccc(N)cc1. The van der Waals surface area contributed by atoms with E-state index in [0.29, 0.717) is 11.4 Å². The Kier molecular flexibility index (Phi) is 5.66. The van der Waals surface area contributed by atoms with Crippen molar-refractivity contribution in [2.24, 2.45) is 0 Å². The van der Waals surface area contributed by atoms with E-state index >= 15 is 0 Å². The van der Waals surface area contributed by atoms with Crippen LogP contribution in [0.2, 0.25) is 0 Å². The highest BCUT2D eigenvalue weighted by atomic mass is 19.4. The number of amides is 1. The molecular formula is C13H17F3N2O2. The molecule has 0 saturated heterocycles. The summed E-state index contributed by atoms with van der Waals surface area (Å²) in [5.74, 6) is 0.176. The van der Waals surface area contributed by atoms with Crippen molar-refractivity contribution in [2.75, 3.05) is 25.9 Å². The molecule has 0 spiro atoms. The monoisotopic (exact) mass is 290 g/mol. The fourth-order valence-corrected chi connectivity index (χ4v) is 1.43. The number of ether oxygens (including phenoxy) is 1. The van der Waals surface area contributed by atoms with Gasteiger partial charge in [-0.15, -0.1) is 0 Å². The van der Waals surface area contributed by atoms with Gasteiger partial charge in [0.15, 0.2) is 0 Å². The summed E-state index contributed by atoms with van der Waals surface area (Å²) in [4.78, 5) is 12.6. The summed E-state index contributed by atoms with van der Waals surface area (Å²) in [5.41, 5.74) is 6.10. The van der Waals surface area contributed by atoms with E-state index in [1.54, 1.807) is 24.3 Å². The zero-order valence-electron chi connectivity index (χ0n) is 11.1. The summed E-state index contributed by atoms with van der Waals surface area (Å²) in [6, 6.07) is 6.64. The van der Waals surface area contributed by atoms with Gasteiger partial charge >= 0.3 is 6.18 Å². The number of anilines is 1. The van der Waals surface area contributed by atoms with E-state index in [1.165, 1.54) is 7.05 Å². The summed E-state index contributed by atoms with van der Waals surface area (Å²) in [6.07, 6.45) is -5.23. The highest BCUT2D eigenvalue weighted by Gasteiger charge is 2.27. The van der Waals surface area contributed by atoms with Gasteiger partial charge in [-0.3, -0.25) is 4.79 Å². The van der Waals surface area contributed by atoms with Crippen LogP contribution < -0.4 is 10.5 Å². The number of carbonyl (C=O) groups excluding carboxylic acids is 1. The molecule has 112 valence electrons. The van der Waals surface area contributed by atoms with Gasteiger partial charge in [-0.05, 0) is 24.3 Å². The van der Waals surface area contributed by atoms with E-state index < -0.39 is 12.6 Å². The van der Waals surface area contributed by atoms with Crippen LogP contribution in [-0.2, 0) is 4.79 Å². The number of nitrogen functional groups attached to an aromatic ring is 1. The van der Waals surface area contributed by atoms with Gasteiger partial charge in [-0.2, -0.15) is 13.2 Å². The van der Waals surface area contributed by atoms with E-state index in [0.717, 1.165) is 4.90 Å². The lowest BCUT2D eigenvalue weighted by molar-refractivity contribution is -0.144. The Morgan fingerprint density at radius 2 is 1.90 bits per heavy atom. The number of halogens is 3. The van der Waals surface area contributed by atoms with Crippen LogP contribution in [0.5, 0.6) is 5.75 Å². The smallest absolute Gasteiger partial charge is 0.390 e. The van der Waals surface area contributed by atoms with Crippen LogP contribution in [-0.4, -0.2) is 37.2 Å². The predicted octanol–water partition coefficient (Wildman–Crippen LogP) is 2.45. The molecule has 1 amide bonds. The first kappa shape index (κ1) is 16.1. The number of hydrogen-bond donors (Lipinski definition) is 1. The molecule has 20 heavy (non-hydrogen) atoms. The van der Waals surface area contributed by atoms with E-state index in [1.807, 2.05) is 0 Å². The lowest BCUT2D eigenvalue weighted by Crippen LogP contribution is -2.31. The van der Waals surface area contributed by atoms with Crippen molar-refractivity contribution in [3.8, 4) is 5.75 Å². The van der Waals surface area contributed by atoms with Crippen molar-refractivity contribution in [3.05, 3.63) is 24.3 Å². The maximum Gasteiger partial charge on any atom is 0.390 e. The maximum absolute atomic E-state index is 12.0. The van der Waals surface area contributed by atoms with Gasteiger partial charge in [0.05, 0.1) is 19.4 Å². The van der Waals surface area contributed by atoms with Gasteiger partial charge in [0.1, 0.15) is 5.75 Å². The van der Waals surface area contributed by atoms with Crippen molar-refractivity contribution >= 4 is 11.6 Å². The summed E-state index contributed by atoms with van der Waals surface area (Å²) < 4.78 is 41.3. The maximum atomic E-state index is 12.0. The summed E-state index contributed by atoms with van der Waals surface area (Å²) in [6.45, 7) is -0.233. The molecule has 0 radical (unpaired) electrons. The van der Waals surface area contributed by atoms with Crippen LogP contribution >= 0.6 is 0 Å². The van der Waals surface area contributed by atoms with Crippen molar-refractivity contribution in [2.45, 2.75) is 19.0 Å². The third-order valence-electron chi connectivity index (χ3n) is 2.62. The Morgan fingerprint density at radius 1 is 1.30 bits per heavy atom. The molecule has 0 unspecified atom stereocenters. The summed E-state index contributed by atoms with van der Waals surface area (Å²) >= 11 is 0. The second kappa shape index (κ2) is 7.02. The molecule has 0 fully saturated rings. The van der Waals surface area contributed by atoms with Crippen molar-refractivity contribution < 1.29 is 22.7 Å². The molecule has 0 aliphatic carbocycles. The standard InChI is InChI=1S/C13H17F3N2O2/c1-18(8-7-13(14,15)16)12(19)6-9-20-11-4-2-10(17)3-5-11/h2-5H,6-9,17H2,1H3. The molecule has 2 N–H and O–H groups in total. The Labute approximate surface area is 115 Å². The molecule has 0 aliphatic rings. The third-order valence-corrected chi connectivity index (χ3v) is 2.62. The molecule has 1 aromatic carbocycles. The first-order valence-electron chi connectivity index (χ1n) is 6.07. The first-order valence-corrected chi connectivity index (χ1v) is 6.07. The van der Waals surface area contributed by atoms with Crippen LogP contribution in [0.15, 0.2) is 24.3 Å². The first-order chi connectivity index (χ1) is 9.28. The Morgan fingerprint density at radius 3 is 2.45 bits per heavy atom. The van der Waals surface area contributed by atoms with E-state index in [-0.39, 0.29) is 25.5 Å². The molecule has 7 heteroatoms. The Balaban J connectivity index is 2.27. The topological polar surface area (TPSA) is 55.6 Å². The quantitative estimate of drug-likeness (QED) is 0.819. The van der Waals surface area contributed by atoms with Crippen molar-refractivity contribution in [1.82, 2.24) is 4.90 Å². The third kappa shape index (κ3) is 6.31. The molecule has 0 saturated carbocycles. The predicted molar refractivity (Wildman–Crippen MR) is 69.3 cm³/mol. The van der Waals surface area contributed by atoms with Crippen LogP contribution in [0, 0.1) is 0 Å². The van der Waals surface area contributed by atoms with E-state index in [2.05, 4.69) is 0 Å². The minimum absolute atomic E-state index is 0.0265. The molecule has 0 heterocycles. The molecule has 0 atom stereocenters. The average molecular weight is 290 g/mol. The second-order valence-electron chi connectivity index (χ2n) is 4.35. The minimum Gasteiger partial charge on any atom is -0.493 e. The van der Waals surface area contributed by atoms with Gasteiger partial charge in [-0.1, -0.05) is 0 Å². The number of hydrogen-bond acceptors (Lipinski definition) is 3. The average Bonchev–Trinajstić information content (AvgIpc) is 2.37. The number of nitrogens with two attached hydrogens (primary N) is 1. The number of rotatable bonds is 6. The largest absolute Gasteiger partial charge is 0.493 e. The molecular weight excluding hydrogens is 273 g/mol. The Hall–Kier alpha value is -1.92. The number of benzene rings is 1. The zero-order valence-corrected chi connectivity index (χ0v) is 11.1. The molecule has 1 aromatic rings. The second-order valence-corrected chi connectivity index (χ2v) is 4.35. The highest BCUT2D eigenvalue weighted by molar-refractivity contribution is 5.75. The van der Waals surface area contributed by atoms with Gasteiger partial charge < -0.3 is 15.4 Å². The fourth-order valence-electron chi connectivity index (χ4n) is 1.43. The van der Waals surface area contributed by atoms with Gasteiger partial charge in [0, 0.05) is 19.3 Å². The van der Waals surface area contributed by atoms with Crippen molar-refractivity contribution in [1.29, 1.82) is 0 Å². The van der Waals surface area contributed by atoms with Crippen LogP contribution in [0.4, 0.5) is 18.9 Å². The van der Waals surface area contributed by atoms with Crippen molar-refractivity contribution in [3.63, 3.8) is 0 Å².